The highest BCUT2D eigenvalue weighted by Gasteiger charge is 2.20. The summed E-state index contributed by atoms with van der Waals surface area (Å²) < 4.78 is 0. The molecule has 14 heavy (non-hydrogen) atoms. The molecule has 0 nitrogen and oxygen atoms in total. The molecule has 1 saturated carbocycles. The normalized spacial score (nSPS) is 18.9. The van der Waals surface area contributed by atoms with Gasteiger partial charge < -0.3 is 0 Å². The van der Waals surface area contributed by atoms with Gasteiger partial charge in [0.2, 0.25) is 0 Å². The Labute approximate surface area is 90.5 Å². The molecule has 84 valence electrons. The van der Waals surface area contributed by atoms with Gasteiger partial charge in [0.1, 0.15) is 0 Å². The van der Waals surface area contributed by atoms with Gasteiger partial charge in [0.15, 0.2) is 0 Å². The minimum absolute atomic E-state index is 0.897. The smallest absolute Gasteiger partial charge is 0.0414 e. The second kappa shape index (κ2) is 6.48. The molecule has 0 aliphatic heterocycles. The van der Waals surface area contributed by atoms with Crippen molar-refractivity contribution < 1.29 is 0 Å². The summed E-state index contributed by atoms with van der Waals surface area (Å²) in [6, 6.07) is 0. The van der Waals surface area contributed by atoms with E-state index in [4.69, 9.17) is 0 Å². The Bertz CT molecular complexity index is 125. The Morgan fingerprint density at radius 2 is 1.57 bits per heavy atom. The lowest BCUT2D eigenvalue weighted by molar-refractivity contribution is 0.418. The molecule has 0 bridgehead atoms. The zero-order valence-corrected chi connectivity index (χ0v) is 10.4. The van der Waals surface area contributed by atoms with Gasteiger partial charge in [-0.1, -0.05) is 72.1 Å². The molecule has 0 spiro atoms. The highest BCUT2D eigenvalue weighted by atomic mass is 14.3. The molecule has 1 aliphatic rings. The van der Waals surface area contributed by atoms with Crippen molar-refractivity contribution in [2.24, 2.45) is 17.8 Å². The third-order valence-electron chi connectivity index (χ3n) is 3.48. The standard InChI is InChI=1S/C14H28/c1-12(2)6-4-7-13(3)8-5-9-14-10-11-14/h12-14H,4-11H2,1-3H3. The lowest BCUT2D eigenvalue weighted by Crippen LogP contribution is -1.97. The third-order valence-corrected chi connectivity index (χ3v) is 3.48. The van der Waals surface area contributed by atoms with Gasteiger partial charge in [-0.3, -0.25) is 0 Å². The highest BCUT2D eigenvalue weighted by molar-refractivity contribution is 4.73. The Morgan fingerprint density at radius 3 is 2.14 bits per heavy atom. The molecular weight excluding hydrogens is 168 g/mol. The second-order valence-corrected chi connectivity index (χ2v) is 5.80. The van der Waals surface area contributed by atoms with Crippen molar-refractivity contribution >= 4 is 0 Å². The van der Waals surface area contributed by atoms with Crippen molar-refractivity contribution in [2.45, 2.75) is 72.1 Å². The lowest BCUT2D eigenvalue weighted by Gasteiger charge is -2.11. The molecule has 1 unspecified atom stereocenters. The molecule has 0 aromatic carbocycles. The molecule has 1 aliphatic carbocycles. The topological polar surface area (TPSA) is 0 Å². The molecule has 0 aromatic rings. The summed E-state index contributed by atoms with van der Waals surface area (Å²) in [7, 11) is 0. The monoisotopic (exact) mass is 196 g/mol. The van der Waals surface area contributed by atoms with Crippen molar-refractivity contribution in [1.29, 1.82) is 0 Å². The second-order valence-electron chi connectivity index (χ2n) is 5.80. The van der Waals surface area contributed by atoms with E-state index in [1.165, 1.54) is 51.4 Å². The van der Waals surface area contributed by atoms with Crippen LogP contribution in [0.2, 0.25) is 0 Å². The maximum Gasteiger partial charge on any atom is -0.0414 e. The van der Waals surface area contributed by atoms with Crippen LogP contribution >= 0.6 is 0 Å². The van der Waals surface area contributed by atoms with Crippen LogP contribution in [0.15, 0.2) is 0 Å². The molecule has 1 fully saturated rings. The summed E-state index contributed by atoms with van der Waals surface area (Å²) in [6.45, 7) is 7.10. The highest BCUT2D eigenvalue weighted by Crippen LogP contribution is 2.34. The summed E-state index contributed by atoms with van der Waals surface area (Å²) in [4.78, 5) is 0. The van der Waals surface area contributed by atoms with Crippen LogP contribution in [0.1, 0.15) is 72.1 Å². The summed E-state index contributed by atoms with van der Waals surface area (Å²) >= 11 is 0. The molecule has 0 heteroatoms. The van der Waals surface area contributed by atoms with Crippen molar-refractivity contribution in [3.63, 3.8) is 0 Å². The van der Waals surface area contributed by atoms with Crippen LogP contribution in [0, 0.1) is 17.8 Å². The maximum absolute atomic E-state index is 2.44. The van der Waals surface area contributed by atoms with Gasteiger partial charge in [-0.05, 0) is 17.8 Å². The molecule has 0 aromatic heterocycles. The number of hydrogen-bond acceptors (Lipinski definition) is 0. The van der Waals surface area contributed by atoms with E-state index in [2.05, 4.69) is 20.8 Å². The maximum atomic E-state index is 2.44. The van der Waals surface area contributed by atoms with Crippen molar-refractivity contribution in [2.75, 3.05) is 0 Å². The summed E-state index contributed by atoms with van der Waals surface area (Å²) in [5.41, 5.74) is 0. The quantitative estimate of drug-likeness (QED) is 0.511. The van der Waals surface area contributed by atoms with Crippen LogP contribution in [0.25, 0.3) is 0 Å². The molecule has 1 rings (SSSR count). The van der Waals surface area contributed by atoms with Crippen molar-refractivity contribution in [1.82, 2.24) is 0 Å². The first-order valence-electron chi connectivity index (χ1n) is 6.68. The lowest BCUT2D eigenvalue weighted by atomic mass is 9.95. The average Bonchev–Trinajstić information content (AvgIpc) is 2.87. The van der Waals surface area contributed by atoms with Gasteiger partial charge in [-0.15, -0.1) is 0 Å². The fourth-order valence-corrected chi connectivity index (χ4v) is 2.18. The molecule has 1 atom stereocenters. The number of rotatable bonds is 8. The van der Waals surface area contributed by atoms with Gasteiger partial charge in [0, 0.05) is 0 Å². The largest absolute Gasteiger partial charge is 0.0628 e. The Hall–Kier alpha value is 0. The van der Waals surface area contributed by atoms with Crippen molar-refractivity contribution in [3.05, 3.63) is 0 Å². The molecule has 0 saturated heterocycles. The van der Waals surface area contributed by atoms with E-state index in [0.29, 0.717) is 0 Å². The van der Waals surface area contributed by atoms with Gasteiger partial charge in [0.05, 0.1) is 0 Å². The van der Waals surface area contributed by atoms with E-state index in [-0.39, 0.29) is 0 Å². The van der Waals surface area contributed by atoms with E-state index in [0.717, 1.165) is 17.8 Å². The Kier molecular flexibility index (Phi) is 5.59. The SMILES string of the molecule is CC(C)CCCC(C)CCCC1CC1. The van der Waals surface area contributed by atoms with E-state index < -0.39 is 0 Å². The first kappa shape index (κ1) is 12.1. The van der Waals surface area contributed by atoms with Crippen LogP contribution in [-0.4, -0.2) is 0 Å². The van der Waals surface area contributed by atoms with Gasteiger partial charge in [0.25, 0.3) is 0 Å². The van der Waals surface area contributed by atoms with Crippen LogP contribution in [0.3, 0.4) is 0 Å². The van der Waals surface area contributed by atoms with Gasteiger partial charge in [-0.25, -0.2) is 0 Å². The Morgan fingerprint density at radius 1 is 0.929 bits per heavy atom. The molecule has 0 heterocycles. The van der Waals surface area contributed by atoms with E-state index >= 15 is 0 Å². The predicted octanol–water partition coefficient (Wildman–Crippen LogP) is 5.03. The van der Waals surface area contributed by atoms with Crippen LogP contribution in [-0.2, 0) is 0 Å². The molecule has 0 radical (unpaired) electrons. The number of hydrogen-bond donors (Lipinski definition) is 0. The first-order chi connectivity index (χ1) is 6.68. The summed E-state index contributed by atoms with van der Waals surface area (Å²) in [5.74, 6) is 3.01. The minimum Gasteiger partial charge on any atom is -0.0628 e. The van der Waals surface area contributed by atoms with E-state index in [1.54, 1.807) is 0 Å². The fraction of sp³-hybridized carbons (Fsp3) is 1.00. The summed E-state index contributed by atoms with van der Waals surface area (Å²) in [5, 5.41) is 0. The minimum atomic E-state index is 0.897. The average molecular weight is 196 g/mol. The first-order valence-corrected chi connectivity index (χ1v) is 6.68. The zero-order chi connectivity index (χ0) is 10.4. The van der Waals surface area contributed by atoms with Gasteiger partial charge in [-0.2, -0.15) is 0 Å². The van der Waals surface area contributed by atoms with E-state index in [9.17, 15) is 0 Å². The molecular formula is C14H28. The predicted molar refractivity (Wildman–Crippen MR) is 64.4 cm³/mol. The van der Waals surface area contributed by atoms with Crippen molar-refractivity contribution in [3.8, 4) is 0 Å². The fourth-order valence-electron chi connectivity index (χ4n) is 2.18. The molecule has 0 N–H and O–H groups in total. The Balaban J connectivity index is 1.84. The molecule has 0 amide bonds. The summed E-state index contributed by atoms with van der Waals surface area (Å²) in [6.07, 6.45) is 11.9. The van der Waals surface area contributed by atoms with E-state index in [1.807, 2.05) is 0 Å². The van der Waals surface area contributed by atoms with Crippen LogP contribution in [0.5, 0.6) is 0 Å². The third kappa shape index (κ3) is 6.45. The van der Waals surface area contributed by atoms with Crippen LogP contribution < -0.4 is 0 Å². The zero-order valence-electron chi connectivity index (χ0n) is 10.4. The van der Waals surface area contributed by atoms with Crippen LogP contribution in [0.4, 0.5) is 0 Å². The van der Waals surface area contributed by atoms with Gasteiger partial charge >= 0.3 is 0 Å².